The van der Waals surface area contributed by atoms with Gasteiger partial charge in [-0.3, -0.25) is 14.3 Å². The third kappa shape index (κ3) is 6.66. The van der Waals surface area contributed by atoms with Crippen molar-refractivity contribution >= 4 is 11.8 Å². The molecular formula is C24H36N4O3. The Kier molecular flexibility index (Phi) is 8.39. The van der Waals surface area contributed by atoms with Crippen LogP contribution in [0.2, 0.25) is 0 Å². The Morgan fingerprint density at radius 2 is 1.81 bits per heavy atom. The van der Waals surface area contributed by atoms with Crippen LogP contribution in [-0.2, 0) is 23.2 Å². The zero-order valence-corrected chi connectivity index (χ0v) is 19.6. The van der Waals surface area contributed by atoms with Gasteiger partial charge in [0.05, 0.1) is 11.8 Å². The molecule has 7 heteroatoms. The van der Waals surface area contributed by atoms with Crippen molar-refractivity contribution in [3.63, 3.8) is 0 Å². The standard InChI is InChI=1S/C22H30N4O3.C2H6/c1-22(2,3)12-20(28)26-14-17(27)11-19(26)21(29)23-13-15-5-7-16(8-6-15)18-9-10-24-25(18)4;1-2/h5-10,17,19,27H,11-14H2,1-4H3,(H,23,29);1-2H3. The Balaban J connectivity index is 0.00000166. The fourth-order valence-corrected chi connectivity index (χ4v) is 3.65. The monoisotopic (exact) mass is 428 g/mol. The summed E-state index contributed by atoms with van der Waals surface area (Å²) >= 11 is 0. The average molecular weight is 429 g/mol. The average Bonchev–Trinajstić information content (AvgIpc) is 3.32. The number of carbonyl (C=O) groups is 2. The third-order valence-electron chi connectivity index (χ3n) is 5.12. The van der Waals surface area contributed by atoms with E-state index in [9.17, 15) is 14.7 Å². The molecule has 0 spiro atoms. The minimum Gasteiger partial charge on any atom is -0.391 e. The van der Waals surface area contributed by atoms with E-state index in [0.717, 1.165) is 16.8 Å². The molecule has 2 aromatic rings. The topological polar surface area (TPSA) is 87.5 Å². The molecule has 31 heavy (non-hydrogen) atoms. The lowest BCUT2D eigenvalue weighted by atomic mass is 9.91. The van der Waals surface area contributed by atoms with E-state index >= 15 is 0 Å². The second-order valence-electron chi connectivity index (χ2n) is 8.94. The van der Waals surface area contributed by atoms with Gasteiger partial charge in [-0.25, -0.2) is 0 Å². The molecule has 1 fully saturated rings. The molecule has 170 valence electrons. The highest BCUT2D eigenvalue weighted by Gasteiger charge is 2.39. The van der Waals surface area contributed by atoms with Crippen LogP contribution in [-0.4, -0.2) is 50.3 Å². The van der Waals surface area contributed by atoms with Crippen LogP contribution in [0.25, 0.3) is 11.3 Å². The molecule has 0 radical (unpaired) electrons. The van der Waals surface area contributed by atoms with Crippen LogP contribution in [0.4, 0.5) is 0 Å². The minimum absolute atomic E-state index is 0.0882. The Labute approximate surface area is 185 Å². The van der Waals surface area contributed by atoms with Crippen LogP contribution in [0, 0.1) is 5.41 Å². The van der Waals surface area contributed by atoms with Crippen molar-refractivity contribution in [1.29, 1.82) is 0 Å². The SMILES string of the molecule is CC.Cn1nccc1-c1ccc(CNC(=O)C2CC(O)CN2C(=O)CC(C)(C)C)cc1. The molecule has 1 aromatic heterocycles. The van der Waals surface area contributed by atoms with Gasteiger partial charge in [-0.15, -0.1) is 0 Å². The van der Waals surface area contributed by atoms with E-state index in [1.165, 1.54) is 4.90 Å². The summed E-state index contributed by atoms with van der Waals surface area (Å²) < 4.78 is 1.81. The van der Waals surface area contributed by atoms with Crippen molar-refractivity contribution in [2.45, 2.75) is 66.2 Å². The lowest BCUT2D eigenvalue weighted by Crippen LogP contribution is -2.46. The molecule has 0 bridgehead atoms. The number of nitrogens with zero attached hydrogens (tertiary/aromatic N) is 3. The normalized spacial score (nSPS) is 18.4. The highest BCUT2D eigenvalue weighted by molar-refractivity contribution is 5.88. The number of hydrogen-bond donors (Lipinski definition) is 2. The molecule has 2 atom stereocenters. The second-order valence-corrected chi connectivity index (χ2v) is 8.94. The van der Waals surface area contributed by atoms with E-state index in [2.05, 4.69) is 10.4 Å². The van der Waals surface area contributed by atoms with Crippen LogP contribution in [0.3, 0.4) is 0 Å². The summed E-state index contributed by atoms with van der Waals surface area (Å²) in [5.41, 5.74) is 2.88. The Hall–Kier alpha value is -2.67. The number of aromatic nitrogens is 2. The minimum atomic E-state index is -0.659. The number of likely N-dealkylation sites (tertiary alicyclic amines) is 1. The summed E-state index contributed by atoms with van der Waals surface area (Å²) in [4.78, 5) is 26.8. The van der Waals surface area contributed by atoms with Gasteiger partial charge in [0.25, 0.3) is 0 Å². The maximum atomic E-state index is 12.7. The number of hydrogen-bond acceptors (Lipinski definition) is 4. The van der Waals surface area contributed by atoms with E-state index in [0.29, 0.717) is 13.0 Å². The zero-order chi connectivity index (χ0) is 23.2. The third-order valence-corrected chi connectivity index (χ3v) is 5.12. The molecule has 2 N–H and O–H groups in total. The van der Waals surface area contributed by atoms with Gasteiger partial charge >= 0.3 is 0 Å². The molecule has 2 unspecified atom stereocenters. The first kappa shape index (κ1) is 24.6. The largest absolute Gasteiger partial charge is 0.391 e. The van der Waals surface area contributed by atoms with Gasteiger partial charge in [0.15, 0.2) is 0 Å². The van der Waals surface area contributed by atoms with E-state index < -0.39 is 12.1 Å². The molecule has 7 nitrogen and oxygen atoms in total. The summed E-state index contributed by atoms with van der Waals surface area (Å²) in [6.45, 7) is 10.6. The number of amides is 2. The molecule has 0 saturated carbocycles. The first-order valence-corrected chi connectivity index (χ1v) is 11.0. The fourth-order valence-electron chi connectivity index (χ4n) is 3.65. The first-order chi connectivity index (χ1) is 14.6. The Bertz CT molecular complexity index is 868. The number of nitrogens with one attached hydrogen (secondary N) is 1. The molecule has 1 aromatic carbocycles. The van der Waals surface area contributed by atoms with E-state index in [1.54, 1.807) is 6.20 Å². The zero-order valence-electron chi connectivity index (χ0n) is 19.6. The first-order valence-electron chi connectivity index (χ1n) is 11.0. The summed E-state index contributed by atoms with van der Waals surface area (Å²) in [6, 6.07) is 9.26. The number of β-amino-alcohol motifs (C(OH)–C–C–N with tert-alkyl or cyclic N) is 1. The number of benzene rings is 1. The molecule has 1 aliphatic heterocycles. The maximum Gasteiger partial charge on any atom is 0.243 e. The van der Waals surface area contributed by atoms with Gasteiger partial charge in [-0.2, -0.15) is 5.10 Å². The number of rotatable bonds is 5. The Morgan fingerprint density at radius 3 is 2.35 bits per heavy atom. The predicted octanol–water partition coefficient (Wildman–Crippen LogP) is 3.13. The summed E-state index contributed by atoms with van der Waals surface area (Å²) in [5, 5.41) is 17.1. The van der Waals surface area contributed by atoms with E-state index in [4.69, 9.17) is 0 Å². The second kappa shape index (κ2) is 10.6. The molecule has 2 amide bonds. The van der Waals surface area contributed by atoms with Crippen molar-refractivity contribution in [1.82, 2.24) is 20.0 Å². The van der Waals surface area contributed by atoms with Crippen molar-refractivity contribution in [2.24, 2.45) is 12.5 Å². The van der Waals surface area contributed by atoms with Crippen LogP contribution < -0.4 is 5.32 Å². The number of aliphatic hydroxyl groups excluding tert-OH is 1. The molecule has 3 rings (SSSR count). The van der Waals surface area contributed by atoms with Crippen LogP contribution in [0.15, 0.2) is 36.5 Å². The van der Waals surface area contributed by atoms with Gasteiger partial charge < -0.3 is 15.3 Å². The summed E-state index contributed by atoms with van der Waals surface area (Å²) in [7, 11) is 1.90. The van der Waals surface area contributed by atoms with Gasteiger partial charge in [0.2, 0.25) is 11.8 Å². The van der Waals surface area contributed by atoms with Gasteiger partial charge in [-0.1, -0.05) is 58.9 Å². The van der Waals surface area contributed by atoms with Gasteiger partial charge in [0, 0.05) is 39.2 Å². The van der Waals surface area contributed by atoms with Gasteiger partial charge in [0.1, 0.15) is 6.04 Å². The predicted molar refractivity (Wildman–Crippen MR) is 122 cm³/mol. The van der Waals surface area contributed by atoms with Crippen LogP contribution in [0.5, 0.6) is 0 Å². The van der Waals surface area contributed by atoms with Crippen molar-refractivity contribution in [3.05, 3.63) is 42.1 Å². The molecule has 0 aliphatic carbocycles. The van der Waals surface area contributed by atoms with Crippen LogP contribution in [0.1, 0.15) is 53.0 Å². The summed E-state index contributed by atoms with van der Waals surface area (Å²) in [6.07, 6.45) is 1.72. The lowest BCUT2D eigenvalue weighted by molar-refractivity contribution is -0.140. The molecular weight excluding hydrogens is 392 g/mol. The molecule has 1 aliphatic rings. The number of aliphatic hydroxyl groups is 1. The van der Waals surface area contributed by atoms with Crippen molar-refractivity contribution in [2.75, 3.05) is 6.54 Å². The maximum absolute atomic E-state index is 12.7. The van der Waals surface area contributed by atoms with Gasteiger partial charge in [-0.05, 0) is 22.6 Å². The highest BCUT2D eigenvalue weighted by atomic mass is 16.3. The highest BCUT2D eigenvalue weighted by Crippen LogP contribution is 2.25. The number of carbonyl (C=O) groups excluding carboxylic acids is 2. The quantitative estimate of drug-likeness (QED) is 0.766. The molecule has 2 heterocycles. The Morgan fingerprint density at radius 1 is 1.16 bits per heavy atom. The summed E-state index contributed by atoms with van der Waals surface area (Å²) in [5.74, 6) is -0.311. The fraction of sp³-hybridized carbons (Fsp3) is 0.542. The number of aryl methyl sites for hydroxylation is 1. The van der Waals surface area contributed by atoms with Crippen LogP contribution >= 0.6 is 0 Å². The van der Waals surface area contributed by atoms with E-state index in [-0.39, 0.29) is 30.2 Å². The molecule has 1 saturated heterocycles. The van der Waals surface area contributed by atoms with Crippen molar-refractivity contribution in [3.8, 4) is 11.3 Å². The van der Waals surface area contributed by atoms with Crippen molar-refractivity contribution < 1.29 is 14.7 Å². The van der Waals surface area contributed by atoms with E-state index in [1.807, 2.05) is 76.7 Å². The lowest BCUT2D eigenvalue weighted by Gasteiger charge is -2.27. The smallest absolute Gasteiger partial charge is 0.243 e.